The van der Waals surface area contributed by atoms with Crippen LogP contribution in [0.15, 0.2) is 22.7 Å². The van der Waals surface area contributed by atoms with Gasteiger partial charge in [0.05, 0.1) is 12.8 Å². The molecule has 2 saturated heterocycles. The molecule has 1 aromatic rings. The molecular formula is C14H19BrN2O. The number of hydrogen-bond donors (Lipinski definition) is 1. The molecule has 4 heteroatoms. The lowest BCUT2D eigenvalue weighted by Gasteiger charge is -2.32. The van der Waals surface area contributed by atoms with E-state index in [4.69, 9.17) is 4.74 Å². The zero-order valence-corrected chi connectivity index (χ0v) is 12.2. The fraction of sp³-hybridized carbons (Fsp3) is 0.571. The van der Waals surface area contributed by atoms with E-state index in [0.717, 1.165) is 21.8 Å². The summed E-state index contributed by atoms with van der Waals surface area (Å²) >= 11 is 3.61. The maximum atomic E-state index is 5.29. The van der Waals surface area contributed by atoms with Gasteiger partial charge in [-0.15, -0.1) is 0 Å². The van der Waals surface area contributed by atoms with Crippen LogP contribution in [0.3, 0.4) is 0 Å². The van der Waals surface area contributed by atoms with Crippen LogP contribution < -0.4 is 10.1 Å². The summed E-state index contributed by atoms with van der Waals surface area (Å²) in [5.74, 6) is 1.71. The van der Waals surface area contributed by atoms with Gasteiger partial charge in [0.15, 0.2) is 0 Å². The van der Waals surface area contributed by atoms with Crippen LogP contribution in [0.2, 0.25) is 0 Å². The standard InChI is InChI=1S/C14H19BrN2O/c1-18-11-2-3-12(15)14(8-11)16-13-5-7-17-6-4-10(13)9-17/h2-3,8,10,13,16H,4-7,9H2,1H3. The first-order valence-corrected chi connectivity index (χ1v) is 7.38. The largest absolute Gasteiger partial charge is 0.497 e. The molecule has 1 N–H and O–H groups in total. The molecule has 0 saturated carbocycles. The van der Waals surface area contributed by atoms with E-state index in [9.17, 15) is 0 Å². The van der Waals surface area contributed by atoms with Crippen molar-refractivity contribution in [3.63, 3.8) is 0 Å². The third kappa shape index (κ3) is 2.36. The van der Waals surface area contributed by atoms with Crippen LogP contribution in [-0.4, -0.2) is 37.7 Å². The Morgan fingerprint density at radius 2 is 2.17 bits per heavy atom. The highest BCUT2D eigenvalue weighted by Gasteiger charge is 2.34. The average molecular weight is 311 g/mol. The number of nitrogens with one attached hydrogen (secondary N) is 1. The molecule has 0 aromatic heterocycles. The summed E-state index contributed by atoms with van der Waals surface area (Å²) in [4.78, 5) is 2.57. The minimum absolute atomic E-state index is 0.604. The zero-order chi connectivity index (χ0) is 12.5. The van der Waals surface area contributed by atoms with Crippen molar-refractivity contribution < 1.29 is 4.74 Å². The number of benzene rings is 1. The number of piperidine rings is 1. The first-order chi connectivity index (χ1) is 8.76. The maximum Gasteiger partial charge on any atom is 0.121 e. The van der Waals surface area contributed by atoms with E-state index in [0.29, 0.717) is 6.04 Å². The molecule has 2 heterocycles. The summed E-state index contributed by atoms with van der Waals surface area (Å²) in [6, 6.07) is 6.70. The van der Waals surface area contributed by atoms with Gasteiger partial charge in [0.1, 0.15) is 5.75 Å². The molecule has 3 nitrogen and oxygen atoms in total. The highest BCUT2D eigenvalue weighted by Crippen LogP contribution is 2.33. The molecule has 3 rings (SSSR count). The van der Waals surface area contributed by atoms with Crippen LogP contribution in [0, 0.1) is 5.92 Å². The van der Waals surface area contributed by atoms with E-state index in [2.05, 4.69) is 32.2 Å². The van der Waals surface area contributed by atoms with Gasteiger partial charge in [-0.25, -0.2) is 0 Å². The van der Waals surface area contributed by atoms with Crippen molar-refractivity contribution in [1.29, 1.82) is 0 Å². The Hall–Kier alpha value is -0.740. The number of ether oxygens (including phenoxy) is 1. The fourth-order valence-corrected chi connectivity index (χ4v) is 3.44. The van der Waals surface area contributed by atoms with Gasteiger partial charge in [0.25, 0.3) is 0 Å². The Balaban J connectivity index is 1.75. The van der Waals surface area contributed by atoms with Gasteiger partial charge >= 0.3 is 0 Å². The Morgan fingerprint density at radius 3 is 3.00 bits per heavy atom. The lowest BCUT2D eigenvalue weighted by atomic mass is 9.94. The van der Waals surface area contributed by atoms with E-state index in [1.54, 1.807) is 7.11 Å². The number of halogens is 1. The van der Waals surface area contributed by atoms with E-state index < -0.39 is 0 Å². The van der Waals surface area contributed by atoms with Crippen molar-refractivity contribution >= 4 is 21.6 Å². The second-order valence-electron chi connectivity index (χ2n) is 5.23. The summed E-state index contributed by atoms with van der Waals surface area (Å²) in [6.07, 6.45) is 2.58. The minimum Gasteiger partial charge on any atom is -0.497 e. The number of nitrogens with zero attached hydrogens (tertiary/aromatic N) is 1. The monoisotopic (exact) mass is 310 g/mol. The molecule has 0 amide bonds. The molecule has 2 aliphatic heterocycles. The van der Waals surface area contributed by atoms with E-state index >= 15 is 0 Å². The number of anilines is 1. The first kappa shape index (κ1) is 12.3. The number of methoxy groups -OCH3 is 1. The molecule has 0 radical (unpaired) electrons. The van der Waals surface area contributed by atoms with Crippen molar-refractivity contribution in [2.24, 2.45) is 5.92 Å². The molecule has 0 spiro atoms. The summed E-state index contributed by atoms with van der Waals surface area (Å²) < 4.78 is 6.41. The van der Waals surface area contributed by atoms with E-state index in [1.807, 2.05) is 12.1 Å². The van der Waals surface area contributed by atoms with Crippen molar-refractivity contribution in [3.8, 4) is 5.75 Å². The second-order valence-corrected chi connectivity index (χ2v) is 6.09. The predicted octanol–water partition coefficient (Wildman–Crippen LogP) is 2.96. The van der Waals surface area contributed by atoms with Crippen molar-refractivity contribution in [3.05, 3.63) is 22.7 Å². The molecule has 1 aromatic carbocycles. The van der Waals surface area contributed by atoms with Gasteiger partial charge in [-0.1, -0.05) is 0 Å². The fourth-order valence-electron chi connectivity index (χ4n) is 3.08. The summed E-state index contributed by atoms with van der Waals surface area (Å²) in [7, 11) is 1.71. The van der Waals surface area contributed by atoms with Gasteiger partial charge in [0, 0.05) is 29.7 Å². The van der Waals surface area contributed by atoms with Crippen molar-refractivity contribution in [1.82, 2.24) is 4.90 Å². The Morgan fingerprint density at radius 1 is 1.33 bits per heavy atom. The molecule has 3 unspecified atom stereocenters. The minimum atomic E-state index is 0.604. The topological polar surface area (TPSA) is 24.5 Å². The van der Waals surface area contributed by atoms with Gasteiger partial charge in [-0.3, -0.25) is 0 Å². The molecule has 2 bridgehead atoms. The van der Waals surface area contributed by atoms with Crippen LogP contribution in [0.5, 0.6) is 5.75 Å². The Labute approximate surface area is 117 Å². The molecule has 2 aliphatic rings. The Kier molecular flexibility index (Phi) is 3.48. The van der Waals surface area contributed by atoms with Crippen LogP contribution >= 0.6 is 15.9 Å². The van der Waals surface area contributed by atoms with Crippen LogP contribution in [0.25, 0.3) is 0 Å². The second kappa shape index (κ2) is 5.10. The van der Waals surface area contributed by atoms with Crippen LogP contribution in [-0.2, 0) is 0 Å². The average Bonchev–Trinajstić information content (AvgIpc) is 2.78. The lowest BCUT2D eigenvalue weighted by Crippen LogP contribution is -2.39. The molecular weight excluding hydrogens is 292 g/mol. The van der Waals surface area contributed by atoms with Crippen LogP contribution in [0.1, 0.15) is 12.8 Å². The molecule has 2 fully saturated rings. The first-order valence-electron chi connectivity index (χ1n) is 6.58. The highest BCUT2D eigenvalue weighted by atomic mass is 79.9. The SMILES string of the molecule is COc1ccc(Br)c(NC2CCN3CCC2C3)c1. The summed E-state index contributed by atoms with van der Waals surface area (Å²) in [6.45, 7) is 3.77. The lowest BCUT2D eigenvalue weighted by molar-refractivity contribution is 0.255. The summed E-state index contributed by atoms with van der Waals surface area (Å²) in [5.41, 5.74) is 1.15. The third-order valence-corrected chi connectivity index (χ3v) is 4.84. The smallest absolute Gasteiger partial charge is 0.121 e. The normalized spacial score (nSPS) is 30.2. The predicted molar refractivity (Wildman–Crippen MR) is 77.3 cm³/mol. The number of hydrogen-bond acceptors (Lipinski definition) is 3. The third-order valence-electron chi connectivity index (χ3n) is 4.15. The van der Waals surface area contributed by atoms with E-state index in [-0.39, 0.29) is 0 Å². The Bertz CT molecular complexity index is 438. The van der Waals surface area contributed by atoms with Gasteiger partial charge in [-0.2, -0.15) is 0 Å². The molecule has 18 heavy (non-hydrogen) atoms. The van der Waals surface area contributed by atoms with Crippen LogP contribution in [0.4, 0.5) is 5.69 Å². The molecule has 98 valence electrons. The van der Waals surface area contributed by atoms with Gasteiger partial charge in [0.2, 0.25) is 0 Å². The van der Waals surface area contributed by atoms with E-state index in [1.165, 1.54) is 32.5 Å². The quantitative estimate of drug-likeness (QED) is 0.929. The molecule has 0 aliphatic carbocycles. The van der Waals surface area contributed by atoms with Gasteiger partial charge in [-0.05, 0) is 53.4 Å². The summed E-state index contributed by atoms with van der Waals surface area (Å²) in [5, 5.41) is 3.70. The molecule has 3 atom stereocenters. The number of fused-ring (bicyclic) bond motifs is 2. The van der Waals surface area contributed by atoms with Crippen molar-refractivity contribution in [2.75, 3.05) is 32.1 Å². The zero-order valence-electron chi connectivity index (χ0n) is 10.7. The van der Waals surface area contributed by atoms with Gasteiger partial charge < -0.3 is 15.0 Å². The number of rotatable bonds is 3. The van der Waals surface area contributed by atoms with Crippen molar-refractivity contribution in [2.45, 2.75) is 18.9 Å². The maximum absolute atomic E-state index is 5.29. The highest BCUT2D eigenvalue weighted by molar-refractivity contribution is 9.10.